The highest BCUT2D eigenvalue weighted by molar-refractivity contribution is 5.89. The Hall–Kier alpha value is -1.92. The predicted octanol–water partition coefficient (Wildman–Crippen LogP) is 1.87. The molecule has 25 heavy (non-hydrogen) atoms. The molecule has 0 aromatic heterocycles. The first-order chi connectivity index (χ1) is 11.8. The van der Waals surface area contributed by atoms with Gasteiger partial charge in [-0.15, -0.1) is 0 Å². The zero-order chi connectivity index (χ0) is 18.6. The summed E-state index contributed by atoms with van der Waals surface area (Å²) in [6.07, 6.45) is 1.25. The summed E-state index contributed by atoms with van der Waals surface area (Å²) in [4.78, 5) is 32.2. The van der Waals surface area contributed by atoms with Crippen LogP contribution in [0.4, 0.5) is 0 Å². The van der Waals surface area contributed by atoms with Crippen molar-refractivity contribution in [3.05, 3.63) is 34.9 Å². The average Bonchev–Trinajstić information content (AvgIpc) is 2.62. The summed E-state index contributed by atoms with van der Waals surface area (Å²) in [5.41, 5.74) is 2.30. The summed E-state index contributed by atoms with van der Waals surface area (Å²) in [6.45, 7) is 5.18. The van der Waals surface area contributed by atoms with Crippen LogP contribution in [-0.2, 0) is 25.6 Å². The van der Waals surface area contributed by atoms with E-state index in [1.54, 1.807) is 24.1 Å². The first-order valence-electron chi connectivity index (χ1n) is 8.54. The van der Waals surface area contributed by atoms with Crippen LogP contribution in [0.2, 0.25) is 0 Å². The highest BCUT2D eigenvalue weighted by Crippen LogP contribution is 2.30. The molecule has 6 heteroatoms. The van der Waals surface area contributed by atoms with Crippen LogP contribution < -0.4 is 0 Å². The number of benzene rings is 1. The van der Waals surface area contributed by atoms with Crippen LogP contribution in [0.25, 0.3) is 0 Å². The second kappa shape index (κ2) is 7.97. The number of esters is 1. The molecular weight excluding hydrogens is 320 g/mol. The number of ether oxygens (including phenoxy) is 1. The summed E-state index contributed by atoms with van der Waals surface area (Å²) >= 11 is 0. The largest absolute Gasteiger partial charge is 0.467 e. The van der Waals surface area contributed by atoms with Gasteiger partial charge in [-0.1, -0.05) is 23.8 Å². The van der Waals surface area contributed by atoms with Gasteiger partial charge >= 0.3 is 5.97 Å². The van der Waals surface area contributed by atoms with E-state index in [9.17, 15) is 9.59 Å². The Bertz CT molecular complexity index is 636. The van der Waals surface area contributed by atoms with E-state index in [0.717, 1.165) is 11.1 Å². The molecule has 0 bridgehead atoms. The number of carbonyl (C=O) groups is 2. The number of hydrogen-bond donors (Lipinski definition) is 0. The maximum absolute atomic E-state index is 12.9. The summed E-state index contributed by atoms with van der Waals surface area (Å²) in [5.74, 6) is -0.442. The lowest BCUT2D eigenvalue weighted by Crippen LogP contribution is -2.61. The van der Waals surface area contributed by atoms with E-state index in [2.05, 4.69) is 6.07 Å². The lowest BCUT2D eigenvalue weighted by molar-refractivity contribution is -0.183. The third-order valence-electron chi connectivity index (χ3n) is 5.23. The molecule has 0 atom stereocenters. The summed E-state index contributed by atoms with van der Waals surface area (Å²) < 4.78 is 5.03. The van der Waals surface area contributed by atoms with Crippen molar-refractivity contribution in [3.63, 3.8) is 0 Å². The maximum Gasteiger partial charge on any atom is 0.331 e. The second-order valence-electron chi connectivity index (χ2n) is 6.69. The molecule has 138 valence electrons. The van der Waals surface area contributed by atoms with Gasteiger partial charge in [0.1, 0.15) is 5.54 Å². The fourth-order valence-electron chi connectivity index (χ4n) is 3.47. The SMILES string of the molecule is COC(=O)C1(N(C)C(=O)Cc2ccc(C)cc2C)CCN(OC)CC1. The third kappa shape index (κ3) is 4.02. The topological polar surface area (TPSA) is 59.1 Å². The van der Waals surface area contributed by atoms with Crippen LogP contribution in [0.15, 0.2) is 18.2 Å². The minimum Gasteiger partial charge on any atom is -0.467 e. The number of rotatable bonds is 5. The number of nitrogens with zero attached hydrogens (tertiary/aromatic N) is 2. The van der Waals surface area contributed by atoms with Gasteiger partial charge in [0.25, 0.3) is 0 Å². The van der Waals surface area contributed by atoms with E-state index in [0.29, 0.717) is 25.9 Å². The summed E-state index contributed by atoms with van der Waals surface area (Å²) in [6, 6.07) is 6.05. The minimum atomic E-state index is -0.931. The number of aryl methyl sites for hydroxylation is 2. The Balaban J connectivity index is 2.19. The highest BCUT2D eigenvalue weighted by atomic mass is 16.7. The lowest BCUT2D eigenvalue weighted by atomic mass is 9.86. The molecule has 1 aromatic rings. The average molecular weight is 348 g/mol. The maximum atomic E-state index is 12.9. The molecule has 1 heterocycles. The summed E-state index contributed by atoms with van der Waals surface area (Å²) in [5, 5.41) is 1.80. The molecule has 1 saturated heterocycles. The molecule has 0 aliphatic carbocycles. The molecule has 0 saturated carbocycles. The Morgan fingerprint density at radius 2 is 1.84 bits per heavy atom. The first kappa shape index (κ1) is 19.4. The van der Waals surface area contributed by atoms with Crippen molar-refractivity contribution in [2.45, 2.75) is 38.6 Å². The van der Waals surface area contributed by atoms with Crippen molar-refractivity contribution in [1.82, 2.24) is 9.96 Å². The van der Waals surface area contributed by atoms with Gasteiger partial charge in [-0.2, -0.15) is 5.06 Å². The molecule has 1 aliphatic rings. The van der Waals surface area contributed by atoms with E-state index in [4.69, 9.17) is 9.57 Å². The van der Waals surface area contributed by atoms with Gasteiger partial charge < -0.3 is 14.5 Å². The van der Waals surface area contributed by atoms with E-state index in [-0.39, 0.29) is 18.3 Å². The molecule has 2 rings (SSSR count). The second-order valence-corrected chi connectivity index (χ2v) is 6.69. The smallest absolute Gasteiger partial charge is 0.331 e. The zero-order valence-electron chi connectivity index (χ0n) is 15.8. The van der Waals surface area contributed by atoms with E-state index in [1.807, 2.05) is 26.0 Å². The number of likely N-dealkylation sites (N-methyl/N-ethyl adjacent to an activating group) is 1. The van der Waals surface area contributed by atoms with Crippen LogP contribution in [0.5, 0.6) is 0 Å². The molecule has 0 spiro atoms. The van der Waals surface area contributed by atoms with E-state index >= 15 is 0 Å². The van der Waals surface area contributed by atoms with Gasteiger partial charge in [0.05, 0.1) is 20.6 Å². The number of piperidine rings is 1. The zero-order valence-corrected chi connectivity index (χ0v) is 15.8. The fraction of sp³-hybridized carbons (Fsp3) is 0.579. The van der Waals surface area contributed by atoms with Gasteiger partial charge in [-0.25, -0.2) is 4.79 Å². The Morgan fingerprint density at radius 3 is 2.36 bits per heavy atom. The van der Waals surface area contributed by atoms with E-state index in [1.165, 1.54) is 12.7 Å². The van der Waals surface area contributed by atoms with Crippen LogP contribution in [0.3, 0.4) is 0 Å². The van der Waals surface area contributed by atoms with Crippen LogP contribution in [0.1, 0.15) is 29.5 Å². The third-order valence-corrected chi connectivity index (χ3v) is 5.23. The highest BCUT2D eigenvalue weighted by Gasteiger charge is 2.47. The number of amides is 1. The number of methoxy groups -OCH3 is 1. The molecule has 0 unspecified atom stereocenters. The normalized spacial score (nSPS) is 17.2. The van der Waals surface area contributed by atoms with Crippen LogP contribution in [0, 0.1) is 13.8 Å². The van der Waals surface area contributed by atoms with E-state index < -0.39 is 5.54 Å². The van der Waals surface area contributed by atoms with Gasteiger partial charge in [0.2, 0.25) is 5.91 Å². The lowest BCUT2D eigenvalue weighted by Gasteiger charge is -2.44. The number of hydrogen-bond acceptors (Lipinski definition) is 5. The van der Waals surface area contributed by atoms with Crippen LogP contribution in [-0.4, -0.2) is 61.7 Å². The van der Waals surface area contributed by atoms with Crippen LogP contribution >= 0.6 is 0 Å². The number of carbonyl (C=O) groups excluding carboxylic acids is 2. The molecular formula is C19H28N2O4. The van der Waals surface area contributed by atoms with Gasteiger partial charge in [-0.05, 0) is 37.8 Å². The van der Waals surface area contributed by atoms with Crippen molar-refractivity contribution in [1.29, 1.82) is 0 Å². The standard InChI is InChI=1S/C19H28N2O4/c1-14-6-7-16(15(2)12-14)13-17(22)20(3)19(18(23)24-4)8-10-21(25-5)11-9-19/h6-7,12H,8-11,13H2,1-5H3. The summed E-state index contributed by atoms with van der Waals surface area (Å²) in [7, 11) is 4.68. The molecule has 0 radical (unpaired) electrons. The van der Waals surface area contributed by atoms with Gasteiger partial charge in [-0.3, -0.25) is 4.79 Å². The van der Waals surface area contributed by atoms with Crippen molar-refractivity contribution < 1.29 is 19.2 Å². The van der Waals surface area contributed by atoms with Crippen molar-refractivity contribution in [2.75, 3.05) is 34.4 Å². The predicted molar refractivity (Wildman–Crippen MR) is 95.0 cm³/mol. The first-order valence-corrected chi connectivity index (χ1v) is 8.54. The Labute approximate surface area is 149 Å². The molecule has 1 aliphatic heterocycles. The van der Waals surface area contributed by atoms with Gasteiger partial charge in [0, 0.05) is 20.1 Å². The van der Waals surface area contributed by atoms with Crippen molar-refractivity contribution in [2.24, 2.45) is 0 Å². The fourth-order valence-corrected chi connectivity index (χ4v) is 3.47. The quantitative estimate of drug-likeness (QED) is 0.761. The van der Waals surface area contributed by atoms with Gasteiger partial charge in [0.15, 0.2) is 0 Å². The number of hydroxylamine groups is 2. The monoisotopic (exact) mass is 348 g/mol. The minimum absolute atomic E-state index is 0.0804. The Morgan fingerprint density at radius 1 is 1.20 bits per heavy atom. The molecule has 1 aromatic carbocycles. The van der Waals surface area contributed by atoms with Crippen molar-refractivity contribution >= 4 is 11.9 Å². The molecule has 1 amide bonds. The molecule has 6 nitrogen and oxygen atoms in total. The molecule has 0 N–H and O–H groups in total. The molecule has 1 fully saturated rings. The van der Waals surface area contributed by atoms with Crippen molar-refractivity contribution in [3.8, 4) is 0 Å². The Kier molecular flexibility index (Phi) is 6.19.